The zero-order chi connectivity index (χ0) is 19.1. The van der Waals surface area contributed by atoms with Crippen LogP contribution in [0.1, 0.15) is 30.4 Å². The van der Waals surface area contributed by atoms with Crippen LogP contribution >= 0.6 is 11.8 Å². The number of nitrogens with zero attached hydrogens (tertiary/aromatic N) is 1. The Morgan fingerprint density at radius 2 is 1.74 bits per heavy atom. The van der Waals surface area contributed by atoms with Crippen LogP contribution in [0.3, 0.4) is 0 Å². The quantitative estimate of drug-likeness (QED) is 0.713. The van der Waals surface area contributed by atoms with E-state index in [9.17, 15) is 13.6 Å². The van der Waals surface area contributed by atoms with Crippen LogP contribution in [-0.4, -0.2) is 29.6 Å². The van der Waals surface area contributed by atoms with Crippen LogP contribution in [-0.2, 0) is 17.9 Å². The summed E-state index contributed by atoms with van der Waals surface area (Å²) in [4.78, 5) is 15.1. The summed E-state index contributed by atoms with van der Waals surface area (Å²) >= 11 is 1.19. The first-order valence-electron chi connectivity index (χ1n) is 9.25. The highest BCUT2D eigenvalue weighted by Crippen LogP contribution is 2.20. The van der Waals surface area contributed by atoms with Gasteiger partial charge in [-0.15, -0.1) is 11.8 Å². The molecule has 3 nitrogen and oxygen atoms in total. The van der Waals surface area contributed by atoms with Gasteiger partial charge in [0.1, 0.15) is 0 Å². The molecule has 1 aliphatic rings. The maximum absolute atomic E-state index is 13.2. The second kappa shape index (κ2) is 9.85. The summed E-state index contributed by atoms with van der Waals surface area (Å²) in [5.41, 5.74) is 2.36. The lowest BCUT2D eigenvalue weighted by Crippen LogP contribution is -2.30. The van der Waals surface area contributed by atoms with E-state index in [1.54, 1.807) is 0 Å². The first kappa shape index (κ1) is 19.8. The van der Waals surface area contributed by atoms with E-state index in [2.05, 4.69) is 16.3 Å². The van der Waals surface area contributed by atoms with E-state index in [1.807, 2.05) is 18.2 Å². The third-order valence-electron chi connectivity index (χ3n) is 4.70. The highest BCUT2D eigenvalue weighted by atomic mass is 32.2. The van der Waals surface area contributed by atoms with Gasteiger partial charge in [0.05, 0.1) is 5.75 Å². The largest absolute Gasteiger partial charge is 0.351 e. The summed E-state index contributed by atoms with van der Waals surface area (Å²) in [6, 6.07) is 11.8. The van der Waals surface area contributed by atoms with Crippen LogP contribution in [0.2, 0.25) is 0 Å². The van der Waals surface area contributed by atoms with Gasteiger partial charge in [0.15, 0.2) is 11.6 Å². The van der Waals surface area contributed by atoms with E-state index >= 15 is 0 Å². The van der Waals surface area contributed by atoms with Crippen molar-refractivity contribution in [2.24, 2.45) is 0 Å². The van der Waals surface area contributed by atoms with Gasteiger partial charge in [-0.25, -0.2) is 8.78 Å². The molecule has 0 aliphatic carbocycles. The Morgan fingerprint density at radius 1 is 1.00 bits per heavy atom. The maximum atomic E-state index is 13.2. The van der Waals surface area contributed by atoms with Crippen molar-refractivity contribution in [1.29, 1.82) is 0 Å². The molecule has 1 N–H and O–H groups in total. The molecule has 6 heteroatoms. The monoisotopic (exact) mass is 390 g/mol. The van der Waals surface area contributed by atoms with E-state index in [4.69, 9.17) is 0 Å². The number of carbonyl (C=O) groups excluding carboxylic acids is 1. The molecule has 27 heavy (non-hydrogen) atoms. The van der Waals surface area contributed by atoms with Crippen LogP contribution in [0.25, 0.3) is 0 Å². The number of hydrogen-bond donors (Lipinski definition) is 1. The van der Waals surface area contributed by atoms with Gasteiger partial charge in [-0.3, -0.25) is 9.69 Å². The van der Waals surface area contributed by atoms with Gasteiger partial charge < -0.3 is 5.32 Å². The number of rotatable bonds is 7. The molecule has 1 aliphatic heterocycles. The number of piperidine rings is 1. The first-order chi connectivity index (χ1) is 13.1. The standard InChI is InChI=1S/C21H24F2N2OS/c22-19-9-8-18(12-20(19)23)27-15-21(26)24-13-16-6-2-3-7-17(16)14-25-10-4-1-5-11-25/h2-3,6-9,12H,1,4-5,10-11,13-15H2,(H,24,26). The maximum Gasteiger partial charge on any atom is 0.230 e. The second-order valence-electron chi connectivity index (χ2n) is 6.75. The van der Waals surface area contributed by atoms with Crippen LogP contribution in [0.4, 0.5) is 8.78 Å². The molecule has 1 saturated heterocycles. The fourth-order valence-electron chi connectivity index (χ4n) is 3.20. The lowest BCUT2D eigenvalue weighted by Gasteiger charge is -2.27. The summed E-state index contributed by atoms with van der Waals surface area (Å²) in [5.74, 6) is -1.74. The lowest BCUT2D eigenvalue weighted by molar-refractivity contribution is -0.118. The highest BCUT2D eigenvalue weighted by molar-refractivity contribution is 8.00. The Labute approximate surface area is 163 Å². The summed E-state index contributed by atoms with van der Waals surface area (Å²) in [6.07, 6.45) is 3.81. The van der Waals surface area contributed by atoms with Crippen LogP contribution < -0.4 is 5.32 Å². The molecule has 0 unspecified atom stereocenters. The number of amides is 1. The Balaban J connectivity index is 1.50. The molecule has 0 spiro atoms. The molecule has 1 fully saturated rings. The molecule has 144 valence electrons. The number of thioether (sulfide) groups is 1. The Bertz CT molecular complexity index is 779. The zero-order valence-corrected chi connectivity index (χ0v) is 16.0. The summed E-state index contributed by atoms with van der Waals surface area (Å²) in [6.45, 7) is 3.65. The minimum atomic E-state index is -0.896. The van der Waals surface area contributed by atoms with E-state index in [0.29, 0.717) is 11.4 Å². The molecule has 1 heterocycles. The zero-order valence-electron chi connectivity index (χ0n) is 15.2. The van der Waals surface area contributed by atoms with Crippen molar-refractivity contribution in [2.45, 2.75) is 37.2 Å². The van der Waals surface area contributed by atoms with Crippen molar-refractivity contribution >= 4 is 17.7 Å². The number of carbonyl (C=O) groups is 1. The van der Waals surface area contributed by atoms with Crippen molar-refractivity contribution in [1.82, 2.24) is 10.2 Å². The minimum Gasteiger partial charge on any atom is -0.351 e. The van der Waals surface area contributed by atoms with Crippen molar-refractivity contribution in [3.8, 4) is 0 Å². The fourth-order valence-corrected chi connectivity index (χ4v) is 3.95. The fraction of sp³-hybridized carbons (Fsp3) is 0.381. The molecule has 0 bridgehead atoms. The third-order valence-corrected chi connectivity index (χ3v) is 5.69. The van der Waals surface area contributed by atoms with Gasteiger partial charge in [0, 0.05) is 18.0 Å². The third kappa shape index (κ3) is 6.04. The van der Waals surface area contributed by atoms with Gasteiger partial charge in [-0.1, -0.05) is 30.7 Å². The summed E-state index contributed by atoms with van der Waals surface area (Å²) < 4.78 is 26.2. The minimum absolute atomic E-state index is 0.127. The number of benzene rings is 2. The van der Waals surface area contributed by atoms with Gasteiger partial charge in [0.25, 0.3) is 0 Å². The predicted molar refractivity (Wildman–Crippen MR) is 104 cm³/mol. The molecule has 0 atom stereocenters. The number of hydrogen-bond acceptors (Lipinski definition) is 3. The van der Waals surface area contributed by atoms with Gasteiger partial charge in [-0.2, -0.15) is 0 Å². The van der Waals surface area contributed by atoms with Crippen molar-refractivity contribution in [2.75, 3.05) is 18.8 Å². The molecule has 3 rings (SSSR count). The summed E-state index contributed by atoms with van der Waals surface area (Å²) in [5, 5.41) is 2.93. The Hall–Kier alpha value is -1.92. The normalized spacial score (nSPS) is 14.9. The molecule has 0 aromatic heterocycles. The number of nitrogens with one attached hydrogen (secondary N) is 1. The summed E-state index contributed by atoms with van der Waals surface area (Å²) in [7, 11) is 0. The molecular formula is C21H24F2N2OS. The Morgan fingerprint density at radius 3 is 2.48 bits per heavy atom. The topological polar surface area (TPSA) is 32.3 Å². The van der Waals surface area contributed by atoms with Gasteiger partial charge >= 0.3 is 0 Å². The van der Waals surface area contributed by atoms with Crippen molar-refractivity contribution in [3.63, 3.8) is 0 Å². The van der Waals surface area contributed by atoms with Gasteiger partial charge in [0.2, 0.25) is 5.91 Å². The second-order valence-corrected chi connectivity index (χ2v) is 7.80. The molecular weight excluding hydrogens is 366 g/mol. The molecule has 1 amide bonds. The first-order valence-corrected chi connectivity index (χ1v) is 10.2. The van der Waals surface area contributed by atoms with Crippen LogP contribution in [0.5, 0.6) is 0 Å². The van der Waals surface area contributed by atoms with E-state index in [-0.39, 0.29) is 11.7 Å². The van der Waals surface area contributed by atoms with Crippen molar-refractivity contribution < 1.29 is 13.6 Å². The number of likely N-dealkylation sites (tertiary alicyclic amines) is 1. The van der Waals surface area contributed by atoms with Gasteiger partial charge in [-0.05, 0) is 55.3 Å². The smallest absolute Gasteiger partial charge is 0.230 e. The lowest BCUT2D eigenvalue weighted by atomic mass is 10.0. The molecule has 2 aromatic carbocycles. The number of halogens is 2. The Kier molecular flexibility index (Phi) is 7.24. The SMILES string of the molecule is O=C(CSc1ccc(F)c(F)c1)NCc1ccccc1CN1CCCCC1. The predicted octanol–water partition coefficient (Wildman–Crippen LogP) is 4.36. The molecule has 0 saturated carbocycles. The van der Waals surface area contributed by atoms with E-state index < -0.39 is 11.6 Å². The highest BCUT2D eigenvalue weighted by Gasteiger charge is 2.13. The van der Waals surface area contributed by atoms with E-state index in [1.165, 1.54) is 42.7 Å². The van der Waals surface area contributed by atoms with Crippen LogP contribution in [0, 0.1) is 11.6 Å². The van der Waals surface area contributed by atoms with E-state index in [0.717, 1.165) is 37.3 Å². The average molecular weight is 390 g/mol. The average Bonchev–Trinajstić information content (AvgIpc) is 2.69. The van der Waals surface area contributed by atoms with Crippen LogP contribution in [0.15, 0.2) is 47.4 Å². The molecule has 0 radical (unpaired) electrons. The molecule has 2 aromatic rings. The van der Waals surface area contributed by atoms with Crippen molar-refractivity contribution in [3.05, 3.63) is 65.2 Å².